The Kier molecular flexibility index (Phi) is 3.64. The molecule has 4 nitrogen and oxygen atoms in total. The SMILES string of the molecule is CCC(C)(C)C(=O)O[C@@]1(C)C(C)C(=O)OC12CCCC2. The maximum atomic E-state index is 12.5. The zero-order valence-electron chi connectivity index (χ0n) is 13.2. The molecule has 1 aliphatic heterocycles. The molecule has 2 atom stereocenters. The van der Waals surface area contributed by atoms with Crippen molar-refractivity contribution in [2.24, 2.45) is 11.3 Å². The van der Waals surface area contributed by atoms with Crippen molar-refractivity contribution in [3.05, 3.63) is 0 Å². The van der Waals surface area contributed by atoms with E-state index in [0.29, 0.717) is 6.42 Å². The van der Waals surface area contributed by atoms with Crippen molar-refractivity contribution in [2.75, 3.05) is 0 Å². The van der Waals surface area contributed by atoms with E-state index in [4.69, 9.17) is 9.47 Å². The van der Waals surface area contributed by atoms with Gasteiger partial charge in [-0.25, -0.2) is 0 Å². The van der Waals surface area contributed by atoms with Crippen LogP contribution in [-0.2, 0) is 19.1 Å². The summed E-state index contributed by atoms with van der Waals surface area (Å²) >= 11 is 0. The van der Waals surface area contributed by atoms with Crippen LogP contribution < -0.4 is 0 Å². The van der Waals surface area contributed by atoms with Crippen LogP contribution in [-0.4, -0.2) is 23.1 Å². The van der Waals surface area contributed by atoms with Gasteiger partial charge in [-0.3, -0.25) is 9.59 Å². The molecule has 0 N–H and O–H groups in total. The number of carbonyl (C=O) groups is 2. The molecule has 0 amide bonds. The van der Waals surface area contributed by atoms with Gasteiger partial charge in [0.25, 0.3) is 0 Å². The molecule has 2 aliphatic rings. The Morgan fingerprint density at radius 3 is 2.45 bits per heavy atom. The summed E-state index contributed by atoms with van der Waals surface area (Å²) in [4.78, 5) is 24.5. The second kappa shape index (κ2) is 4.74. The van der Waals surface area contributed by atoms with Gasteiger partial charge < -0.3 is 9.47 Å². The maximum absolute atomic E-state index is 12.5. The van der Waals surface area contributed by atoms with E-state index in [2.05, 4.69) is 0 Å². The Labute approximate surface area is 121 Å². The molecular formula is C16H26O4. The molecule has 1 spiro atoms. The van der Waals surface area contributed by atoms with Crippen LogP contribution in [0.15, 0.2) is 0 Å². The van der Waals surface area contributed by atoms with Crippen LogP contribution in [0.2, 0.25) is 0 Å². The van der Waals surface area contributed by atoms with E-state index in [0.717, 1.165) is 25.7 Å². The third kappa shape index (κ3) is 2.04. The fourth-order valence-corrected chi connectivity index (χ4v) is 3.20. The van der Waals surface area contributed by atoms with E-state index in [1.165, 1.54) is 0 Å². The Balaban J connectivity index is 2.30. The van der Waals surface area contributed by atoms with E-state index >= 15 is 0 Å². The van der Waals surface area contributed by atoms with E-state index in [-0.39, 0.29) is 11.9 Å². The summed E-state index contributed by atoms with van der Waals surface area (Å²) < 4.78 is 11.6. The van der Waals surface area contributed by atoms with Gasteiger partial charge in [0.1, 0.15) is 0 Å². The highest BCUT2D eigenvalue weighted by Gasteiger charge is 2.66. The molecule has 1 saturated carbocycles. The fraction of sp³-hybridized carbons (Fsp3) is 0.875. The molecule has 0 radical (unpaired) electrons. The van der Waals surface area contributed by atoms with Crippen LogP contribution in [0, 0.1) is 11.3 Å². The first-order valence-corrected chi connectivity index (χ1v) is 7.65. The van der Waals surface area contributed by atoms with Crippen molar-refractivity contribution in [1.29, 1.82) is 0 Å². The van der Waals surface area contributed by atoms with Crippen molar-refractivity contribution < 1.29 is 19.1 Å². The van der Waals surface area contributed by atoms with E-state index in [9.17, 15) is 9.59 Å². The molecule has 0 aromatic heterocycles. The quantitative estimate of drug-likeness (QED) is 0.746. The fourth-order valence-electron chi connectivity index (χ4n) is 3.20. The van der Waals surface area contributed by atoms with E-state index < -0.39 is 22.5 Å². The molecule has 20 heavy (non-hydrogen) atoms. The molecule has 0 bridgehead atoms. The summed E-state index contributed by atoms with van der Waals surface area (Å²) in [6, 6.07) is 0. The molecular weight excluding hydrogens is 256 g/mol. The van der Waals surface area contributed by atoms with Crippen LogP contribution in [0.25, 0.3) is 0 Å². The van der Waals surface area contributed by atoms with Gasteiger partial charge in [-0.2, -0.15) is 0 Å². The topological polar surface area (TPSA) is 52.6 Å². The number of hydrogen-bond donors (Lipinski definition) is 0. The van der Waals surface area contributed by atoms with Gasteiger partial charge in [0.2, 0.25) is 0 Å². The Morgan fingerprint density at radius 2 is 1.95 bits per heavy atom. The second-order valence-corrected chi connectivity index (χ2v) is 7.08. The zero-order chi connectivity index (χ0) is 15.2. The molecule has 1 aliphatic carbocycles. The van der Waals surface area contributed by atoms with Gasteiger partial charge in [-0.05, 0) is 59.8 Å². The van der Waals surface area contributed by atoms with Gasteiger partial charge in [0.05, 0.1) is 11.3 Å². The lowest BCUT2D eigenvalue weighted by molar-refractivity contribution is -0.192. The van der Waals surface area contributed by atoms with Gasteiger partial charge >= 0.3 is 11.9 Å². The predicted molar refractivity (Wildman–Crippen MR) is 75.0 cm³/mol. The van der Waals surface area contributed by atoms with Crippen molar-refractivity contribution in [1.82, 2.24) is 0 Å². The maximum Gasteiger partial charge on any atom is 0.313 e. The van der Waals surface area contributed by atoms with Gasteiger partial charge in [-0.1, -0.05) is 6.92 Å². The number of hydrogen-bond acceptors (Lipinski definition) is 4. The van der Waals surface area contributed by atoms with Crippen LogP contribution in [0.3, 0.4) is 0 Å². The first kappa shape index (κ1) is 15.3. The molecule has 4 heteroatoms. The second-order valence-electron chi connectivity index (χ2n) is 7.08. The molecule has 0 aromatic carbocycles. The summed E-state index contributed by atoms with van der Waals surface area (Å²) in [5.41, 5.74) is -1.98. The third-order valence-electron chi connectivity index (χ3n) is 5.53. The minimum absolute atomic E-state index is 0.237. The highest BCUT2D eigenvalue weighted by Crippen LogP contribution is 2.52. The number of ether oxygens (including phenoxy) is 2. The van der Waals surface area contributed by atoms with Crippen LogP contribution in [0.4, 0.5) is 0 Å². The molecule has 2 fully saturated rings. The minimum Gasteiger partial charge on any atom is -0.454 e. The highest BCUT2D eigenvalue weighted by atomic mass is 16.6. The molecule has 1 unspecified atom stereocenters. The summed E-state index contributed by atoms with van der Waals surface area (Å²) in [5, 5.41) is 0. The first-order valence-electron chi connectivity index (χ1n) is 7.65. The van der Waals surface area contributed by atoms with Crippen molar-refractivity contribution in [2.45, 2.75) is 77.9 Å². The number of carbonyl (C=O) groups excluding carboxylic acids is 2. The van der Waals surface area contributed by atoms with Crippen molar-refractivity contribution in [3.63, 3.8) is 0 Å². The monoisotopic (exact) mass is 282 g/mol. The Bertz CT molecular complexity index is 420. The summed E-state index contributed by atoms with van der Waals surface area (Å²) in [6.45, 7) is 9.40. The normalized spacial score (nSPS) is 32.5. The molecule has 1 saturated heterocycles. The number of esters is 2. The summed E-state index contributed by atoms with van der Waals surface area (Å²) in [6.07, 6.45) is 4.32. The Morgan fingerprint density at radius 1 is 1.40 bits per heavy atom. The minimum atomic E-state index is -0.843. The highest BCUT2D eigenvalue weighted by molar-refractivity contribution is 5.81. The van der Waals surface area contributed by atoms with Crippen LogP contribution in [0.1, 0.15) is 66.7 Å². The molecule has 1 heterocycles. The van der Waals surface area contributed by atoms with Gasteiger partial charge in [0.15, 0.2) is 11.2 Å². The summed E-state index contributed by atoms with van der Waals surface area (Å²) in [5.74, 6) is -0.882. The lowest BCUT2D eigenvalue weighted by atomic mass is 9.76. The standard InChI is InChI=1S/C16H26O4/c1-6-14(3,4)13(18)20-15(5)11(2)12(17)19-16(15)9-7-8-10-16/h11H,6-10H2,1-5H3/t11?,15-/m0/s1. The van der Waals surface area contributed by atoms with Crippen molar-refractivity contribution >= 4 is 11.9 Å². The smallest absolute Gasteiger partial charge is 0.313 e. The van der Waals surface area contributed by atoms with Gasteiger partial charge in [-0.15, -0.1) is 0 Å². The molecule has 114 valence electrons. The van der Waals surface area contributed by atoms with Crippen LogP contribution >= 0.6 is 0 Å². The van der Waals surface area contributed by atoms with E-state index in [1.54, 1.807) is 0 Å². The average Bonchev–Trinajstić information content (AvgIpc) is 2.92. The van der Waals surface area contributed by atoms with Crippen molar-refractivity contribution in [3.8, 4) is 0 Å². The zero-order valence-corrected chi connectivity index (χ0v) is 13.2. The van der Waals surface area contributed by atoms with Crippen LogP contribution in [0.5, 0.6) is 0 Å². The lowest BCUT2D eigenvalue weighted by Gasteiger charge is -2.41. The third-order valence-corrected chi connectivity index (χ3v) is 5.53. The Hall–Kier alpha value is -1.06. The molecule has 2 rings (SSSR count). The van der Waals surface area contributed by atoms with E-state index in [1.807, 2.05) is 34.6 Å². The summed E-state index contributed by atoms with van der Waals surface area (Å²) in [7, 11) is 0. The lowest BCUT2D eigenvalue weighted by Crippen LogP contribution is -2.54. The first-order chi connectivity index (χ1) is 9.18. The molecule has 0 aromatic rings. The van der Waals surface area contributed by atoms with Gasteiger partial charge in [0, 0.05) is 0 Å². The average molecular weight is 282 g/mol. The largest absolute Gasteiger partial charge is 0.454 e. The predicted octanol–water partition coefficient (Wildman–Crippen LogP) is 3.23. The number of rotatable bonds is 3.